The van der Waals surface area contributed by atoms with E-state index in [1.54, 1.807) is 54.7 Å². The van der Waals surface area contributed by atoms with E-state index in [2.05, 4.69) is 44.6 Å². The first-order valence-electron chi connectivity index (χ1n) is 13.9. The maximum atomic E-state index is 16.0. The number of piperidine rings is 1. The van der Waals surface area contributed by atoms with Gasteiger partial charge in [-0.25, -0.2) is 0 Å². The Hall–Kier alpha value is -4.77. The van der Waals surface area contributed by atoms with Crippen LogP contribution in [-0.4, -0.2) is 57.6 Å². The molecule has 1 aliphatic rings. The molecule has 5 rings (SSSR count). The van der Waals surface area contributed by atoms with Crippen LogP contribution in [0.25, 0.3) is 5.65 Å². The number of halogens is 1. The molecular weight excluding hydrogens is 537 g/mol. The molecule has 1 aliphatic heterocycles. The highest BCUT2D eigenvalue weighted by atomic mass is 19.1. The van der Waals surface area contributed by atoms with E-state index in [1.165, 1.54) is 10.6 Å². The van der Waals surface area contributed by atoms with Crippen LogP contribution in [0.4, 0.5) is 27.3 Å². The largest absolute Gasteiger partial charge is 0.472 e. The number of anilines is 4. The average Bonchev–Trinajstić information content (AvgIpc) is 3.41. The van der Waals surface area contributed by atoms with Crippen LogP contribution in [0.2, 0.25) is 0 Å². The first-order chi connectivity index (χ1) is 20.2. The number of ether oxygens (including phenoxy) is 1. The molecule has 0 atom stereocenters. The monoisotopic (exact) mass is 571 g/mol. The van der Waals surface area contributed by atoms with Crippen molar-refractivity contribution in [2.24, 2.45) is 0 Å². The number of amides is 2. The zero-order chi connectivity index (χ0) is 29.8. The summed E-state index contributed by atoms with van der Waals surface area (Å²) in [5.74, 6) is -1.16. The normalized spacial score (nSPS) is 14.1. The molecule has 11 heteroatoms. The van der Waals surface area contributed by atoms with Gasteiger partial charge in [0.05, 0.1) is 6.20 Å². The first-order valence-corrected chi connectivity index (χ1v) is 13.9. The van der Waals surface area contributed by atoms with Gasteiger partial charge in [-0.3, -0.25) is 9.59 Å². The fourth-order valence-corrected chi connectivity index (χ4v) is 4.74. The molecule has 10 nitrogen and oxygen atoms in total. The molecule has 3 N–H and O–H groups in total. The number of aromatic nitrogens is 3. The summed E-state index contributed by atoms with van der Waals surface area (Å²) < 4.78 is 23.5. The second-order valence-corrected chi connectivity index (χ2v) is 10.6. The van der Waals surface area contributed by atoms with Crippen LogP contribution in [0, 0.1) is 5.82 Å². The number of benzene rings is 2. The van der Waals surface area contributed by atoms with Crippen LogP contribution in [0.15, 0.2) is 67.4 Å². The lowest BCUT2D eigenvalue weighted by Crippen LogP contribution is -2.36. The minimum atomic E-state index is -0.641. The Bertz CT molecular complexity index is 1610. The average molecular weight is 572 g/mol. The summed E-state index contributed by atoms with van der Waals surface area (Å²) in [5, 5.41) is 13.1. The highest BCUT2D eigenvalue weighted by Gasteiger charge is 2.25. The van der Waals surface area contributed by atoms with Crippen molar-refractivity contribution in [3.8, 4) is 5.88 Å². The first kappa shape index (κ1) is 28.7. The molecular formula is C31H34FN7O3. The maximum absolute atomic E-state index is 16.0. The number of nitrogens with one attached hydrogen (secondary N) is 3. The van der Waals surface area contributed by atoms with Crippen LogP contribution in [-0.2, 0) is 4.79 Å². The molecule has 2 aromatic heterocycles. The fraction of sp³-hybridized carbons (Fsp3) is 0.290. The third-order valence-corrected chi connectivity index (χ3v) is 7.14. The van der Waals surface area contributed by atoms with E-state index >= 15 is 4.39 Å². The molecule has 1 saturated heterocycles. The summed E-state index contributed by atoms with van der Waals surface area (Å²) in [4.78, 5) is 31.2. The topological polar surface area (TPSA) is 113 Å². The van der Waals surface area contributed by atoms with Gasteiger partial charge in [0.2, 0.25) is 11.7 Å². The van der Waals surface area contributed by atoms with Gasteiger partial charge >= 0.3 is 0 Å². The lowest BCUT2D eigenvalue weighted by molar-refractivity contribution is -0.111. The van der Waals surface area contributed by atoms with Gasteiger partial charge < -0.3 is 25.6 Å². The summed E-state index contributed by atoms with van der Waals surface area (Å²) in [6.07, 6.45) is 4.31. The molecule has 1 fully saturated rings. The second-order valence-electron chi connectivity index (χ2n) is 10.6. The molecule has 42 heavy (non-hydrogen) atoms. The molecule has 0 spiro atoms. The zero-order valence-corrected chi connectivity index (χ0v) is 23.9. The van der Waals surface area contributed by atoms with E-state index < -0.39 is 5.82 Å². The smallest absolute Gasteiger partial charge is 0.256 e. The van der Waals surface area contributed by atoms with Crippen molar-refractivity contribution in [3.05, 3.63) is 84.3 Å². The predicted octanol–water partition coefficient (Wildman–Crippen LogP) is 5.59. The molecule has 2 aromatic carbocycles. The number of nitrogens with zero attached hydrogens (tertiary/aromatic N) is 4. The van der Waals surface area contributed by atoms with Crippen molar-refractivity contribution in [2.45, 2.75) is 38.7 Å². The Morgan fingerprint density at radius 3 is 2.48 bits per heavy atom. The Kier molecular flexibility index (Phi) is 8.48. The summed E-state index contributed by atoms with van der Waals surface area (Å²) in [5.41, 5.74) is 3.39. The molecule has 218 valence electrons. The fourth-order valence-electron chi connectivity index (χ4n) is 4.74. The van der Waals surface area contributed by atoms with Gasteiger partial charge in [0, 0.05) is 41.3 Å². The number of carbonyl (C=O) groups is 2. The van der Waals surface area contributed by atoms with Gasteiger partial charge in [-0.05, 0) is 74.3 Å². The van der Waals surface area contributed by atoms with Crippen LogP contribution >= 0.6 is 0 Å². The van der Waals surface area contributed by atoms with Gasteiger partial charge in [-0.15, -0.1) is 0 Å². The SMILES string of the molecule is C=CC(=O)Nc1ccc(C(=O)Nc2cccc(Nc3c(F)c(OC4CCN(C)CC4)nc4c(C(C)C)cnn34)c2)cc1. The Labute approximate surface area is 243 Å². The summed E-state index contributed by atoms with van der Waals surface area (Å²) >= 11 is 0. The maximum Gasteiger partial charge on any atom is 0.256 e. The van der Waals surface area contributed by atoms with Crippen molar-refractivity contribution in [1.82, 2.24) is 19.5 Å². The van der Waals surface area contributed by atoms with Crippen LogP contribution < -0.4 is 20.7 Å². The third-order valence-electron chi connectivity index (χ3n) is 7.14. The summed E-state index contributed by atoms with van der Waals surface area (Å²) in [6.45, 7) is 9.23. The van der Waals surface area contributed by atoms with Gasteiger partial charge in [0.1, 0.15) is 6.10 Å². The number of carbonyl (C=O) groups excluding carboxylic acids is 2. The van der Waals surface area contributed by atoms with E-state index in [0.717, 1.165) is 31.5 Å². The third kappa shape index (κ3) is 6.41. The van der Waals surface area contributed by atoms with E-state index in [9.17, 15) is 9.59 Å². The number of fused-ring (bicyclic) bond motifs is 1. The molecule has 0 radical (unpaired) electrons. The van der Waals surface area contributed by atoms with Crippen LogP contribution in [0.1, 0.15) is 48.5 Å². The molecule has 0 aliphatic carbocycles. The number of likely N-dealkylation sites (tertiary alicyclic amines) is 1. The van der Waals surface area contributed by atoms with Crippen molar-refractivity contribution in [1.29, 1.82) is 0 Å². The van der Waals surface area contributed by atoms with Gasteiger partial charge in [0.25, 0.3) is 11.8 Å². The number of hydrogen-bond donors (Lipinski definition) is 3. The lowest BCUT2D eigenvalue weighted by atomic mass is 10.1. The molecule has 2 amide bonds. The van der Waals surface area contributed by atoms with Gasteiger partial charge in [-0.1, -0.05) is 26.5 Å². The quantitative estimate of drug-likeness (QED) is 0.225. The van der Waals surface area contributed by atoms with Gasteiger partial charge in [0.15, 0.2) is 11.5 Å². The molecule has 4 aromatic rings. The highest BCUT2D eigenvalue weighted by molar-refractivity contribution is 6.05. The number of rotatable bonds is 9. The van der Waals surface area contributed by atoms with Crippen molar-refractivity contribution < 1.29 is 18.7 Å². The van der Waals surface area contributed by atoms with E-state index in [-0.39, 0.29) is 35.5 Å². The van der Waals surface area contributed by atoms with Gasteiger partial charge in [-0.2, -0.15) is 19.0 Å². The van der Waals surface area contributed by atoms with E-state index in [1.807, 2.05) is 13.8 Å². The molecule has 0 saturated carbocycles. The minimum absolute atomic E-state index is 0.0564. The van der Waals surface area contributed by atoms with Crippen LogP contribution in [0.3, 0.4) is 0 Å². The molecule has 3 heterocycles. The highest BCUT2D eigenvalue weighted by Crippen LogP contribution is 2.32. The standard InChI is InChI=1S/C31H34FN7O3/c1-5-26(40)34-21-11-9-20(10-12-21)30(41)36-23-8-6-7-22(17-23)35-29-27(32)31(42-24-13-15-38(4)16-14-24)37-28-25(19(2)3)18-33-39(28)29/h5-12,17-19,24,35H,1,13-16H2,2-4H3,(H,34,40)(H,36,41). The Balaban J connectivity index is 1.38. The Morgan fingerprint density at radius 1 is 1.07 bits per heavy atom. The second kappa shape index (κ2) is 12.4. The summed E-state index contributed by atoms with van der Waals surface area (Å²) in [6, 6.07) is 13.4. The molecule has 0 unspecified atom stereocenters. The zero-order valence-electron chi connectivity index (χ0n) is 23.9. The van der Waals surface area contributed by atoms with E-state index in [0.29, 0.717) is 28.3 Å². The van der Waals surface area contributed by atoms with Crippen LogP contribution in [0.5, 0.6) is 5.88 Å². The van der Waals surface area contributed by atoms with Crippen molar-refractivity contribution in [3.63, 3.8) is 0 Å². The number of hydrogen-bond acceptors (Lipinski definition) is 7. The Morgan fingerprint density at radius 2 is 1.79 bits per heavy atom. The van der Waals surface area contributed by atoms with Crippen molar-refractivity contribution >= 4 is 40.3 Å². The summed E-state index contributed by atoms with van der Waals surface area (Å²) in [7, 11) is 2.06. The minimum Gasteiger partial charge on any atom is -0.472 e. The van der Waals surface area contributed by atoms with Crippen molar-refractivity contribution in [2.75, 3.05) is 36.1 Å². The predicted molar refractivity (Wildman–Crippen MR) is 161 cm³/mol. The lowest BCUT2D eigenvalue weighted by Gasteiger charge is -2.29. The van der Waals surface area contributed by atoms with E-state index in [4.69, 9.17) is 4.74 Å². The molecule has 0 bridgehead atoms.